The summed E-state index contributed by atoms with van der Waals surface area (Å²) in [6, 6.07) is 4.84. The van der Waals surface area contributed by atoms with Gasteiger partial charge in [0.25, 0.3) is 11.7 Å². The first-order valence-corrected chi connectivity index (χ1v) is 6.72. The average molecular weight is 294 g/mol. The van der Waals surface area contributed by atoms with Gasteiger partial charge in [-0.3, -0.25) is 19.3 Å². The molecule has 0 bridgehead atoms. The van der Waals surface area contributed by atoms with Crippen LogP contribution in [0.5, 0.6) is 0 Å². The van der Waals surface area contributed by atoms with Gasteiger partial charge in [-0.25, -0.2) is 0 Å². The molecular formula is C14H12ClNO4. The minimum Gasteiger partial charge on any atom is -0.381 e. The maximum absolute atomic E-state index is 12.1. The zero-order valence-electron chi connectivity index (χ0n) is 10.6. The van der Waals surface area contributed by atoms with E-state index in [1.165, 1.54) is 4.90 Å². The van der Waals surface area contributed by atoms with Gasteiger partial charge in [-0.2, -0.15) is 0 Å². The Morgan fingerprint density at radius 1 is 1.40 bits per heavy atom. The molecule has 5 nitrogen and oxygen atoms in total. The Balaban J connectivity index is 1.88. The summed E-state index contributed by atoms with van der Waals surface area (Å²) in [6.45, 7) is 0.842. The van der Waals surface area contributed by atoms with E-state index in [1.807, 2.05) is 0 Å². The fourth-order valence-electron chi connectivity index (χ4n) is 2.53. The van der Waals surface area contributed by atoms with Crippen LogP contribution in [0, 0.1) is 5.92 Å². The summed E-state index contributed by atoms with van der Waals surface area (Å²) < 4.78 is 5.17. The van der Waals surface area contributed by atoms with E-state index in [-0.39, 0.29) is 28.8 Å². The number of halogens is 1. The highest BCUT2D eigenvalue weighted by Crippen LogP contribution is 2.34. The SMILES string of the molecule is O=C1C(=O)N(CC(=O)C2CCOC2)c2cccc(Cl)c21. The van der Waals surface area contributed by atoms with Crippen LogP contribution in [0.3, 0.4) is 0 Å². The van der Waals surface area contributed by atoms with E-state index < -0.39 is 11.7 Å². The molecule has 0 N–H and O–H groups in total. The minimum atomic E-state index is -0.694. The highest BCUT2D eigenvalue weighted by Gasteiger charge is 2.39. The van der Waals surface area contributed by atoms with Crippen LogP contribution in [0.1, 0.15) is 16.8 Å². The highest BCUT2D eigenvalue weighted by atomic mass is 35.5. The lowest BCUT2D eigenvalue weighted by atomic mass is 10.0. The van der Waals surface area contributed by atoms with Crippen molar-refractivity contribution in [2.24, 2.45) is 5.92 Å². The van der Waals surface area contributed by atoms with Crippen LogP contribution in [-0.2, 0) is 14.3 Å². The molecule has 6 heteroatoms. The standard InChI is InChI=1S/C14H12ClNO4/c15-9-2-1-3-10-12(9)13(18)14(19)16(10)6-11(17)8-4-5-20-7-8/h1-3,8H,4-7H2. The molecule has 0 spiro atoms. The molecule has 1 atom stereocenters. The van der Waals surface area contributed by atoms with Gasteiger partial charge in [-0.1, -0.05) is 17.7 Å². The number of anilines is 1. The fraction of sp³-hybridized carbons (Fsp3) is 0.357. The molecule has 104 valence electrons. The van der Waals surface area contributed by atoms with Crippen LogP contribution in [0.2, 0.25) is 5.02 Å². The maximum atomic E-state index is 12.1. The number of rotatable bonds is 3. The quantitative estimate of drug-likeness (QED) is 0.792. The van der Waals surface area contributed by atoms with Crippen molar-refractivity contribution in [2.45, 2.75) is 6.42 Å². The second-order valence-electron chi connectivity index (χ2n) is 4.88. The molecule has 1 aromatic rings. The van der Waals surface area contributed by atoms with Crippen LogP contribution < -0.4 is 4.90 Å². The topological polar surface area (TPSA) is 63.7 Å². The largest absolute Gasteiger partial charge is 0.381 e. The Hall–Kier alpha value is -1.72. The Labute approximate surface area is 120 Å². The predicted octanol–water partition coefficient (Wildman–Crippen LogP) is 1.47. The highest BCUT2D eigenvalue weighted by molar-refractivity contribution is 6.55. The van der Waals surface area contributed by atoms with E-state index >= 15 is 0 Å². The van der Waals surface area contributed by atoms with E-state index in [0.717, 1.165) is 0 Å². The van der Waals surface area contributed by atoms with Crippen molar-refractivity contribution >= 4 is 34.8 Å². The van der Waals surface area contributed by atoms with Crippen LogP contribution in [0.25, 0.3) is 0 Å². The number of ketones is 2. The number of Topliss-reactive ketones (excluding diaryl/α,β-unsaturated/α-hetero) is 2. The number of fused-ring (bicyclic) bond motifs is 1. The second-order valence-corrected chi connectivity index (χ2v) is 5.29. The molecule has 1 amide bonds. The molecule has 0 saturated carbocycles. The summed E-state index contributed by atoms with van der Waals surface area (Å²) in [6.07, 6.45) is 0.664. The normalized spacial score (nSPS) is 21.4. The molecule has 2 aliphatic heterocycles. The number of hydrogen-bond donors (Lipinski definition) is 0. The Bertz CT molecular complexity index is 607. The molecule has 2 aliphatic rings. The number of hydrogen-bond acceptors (Lipinski definition) is 4. The second kappa shape index (κ2) is 5.00. The number of amides is 1. The molecule has 1 aromatic carbocycles. The van der Waals surface area contributed by atoms with Crippen molar-refractivity contribution in [1.29, 1.82) is 0 Å². The first-order valence-electron chi connectivity index (χ1n) is 6.34. The number of carbonyl (C=O) groups excluding carboxylic acids is 3. The van der Waals surface area contributed by atoms with Gasteiger partial charge < -0.3 is 4.74 Å². The Morgan fingerprint density at radius 2 is 2.20 bits per heavy atom. The lowest BCUT2D eigenvalue weighted by Crippen LogP contribution is -2.37. The zero-order chi connectivity index (χ0) is 14.3. The summed E-state index contributed by atoms with van der Waals surface area (Å²) in [5.74, 6) is -1.63. The molecule has 2 heterocycles. The van der Waals surface area contributed by atoms with E-state index in [9.17, 15) is 14.4 Å². The van der Waals surface area contributed by atoms with Gasteiger partial charge in [-0.15, -0.1) is 0 Å². The third kappa shape index (κ3) is 2.03. The molecular weight excluding hydrogens is 282 g/mol. The van der Waals surface area contributed by atoms with Crippen LogP contribution >= 0.6 is 11.6 Å². The molecule has 1 unspecified atom stereocenters. The summed E-state index contributed by atoms with van der Waals surface area (Å²) >= 11 is 5.95. The van der Waals surface area contributed by atoms with Gasteiger partial charge in [-0.05, 0) is 18.6 Å². The van der Waals surface area contributed by atoms with E-state index in [0.29, 0.717) is 25.3 Å². The first-order chi connectivity index (χ1) is 9.59. The summed E-state index contributed by atoms with van der Waals surface area (Å²) in [5, 5.41) is 0.236. The molecule has 0 radical (unpaired) electrons. The van der Waals surface area contributed by atoms with Crippen molar-refractivity contribution in [3.63, 3.8) is 0 Å². The van der Waals surface area contributed by atoms with Gasteiger partial charge in [0.1, 0.15) is 0 Å². The average Bonchev–Trinajstić information content (AvgIpc) is 3.03. The predicted molar refractivity (Wildman–Crippen MR) is 72.1 cm³/mol. The van der Waals surface area contributed by atoms with Gasteiger partial charge in [0.15, 0.2) is 5.78 Å². The van der Waals surface area contributed by atoms with E-state index in [1.54, 1.807) is 18.2 Å². The number of ether oxygens (including phenoxy) is 1. The van der Waals surface area contributed by atoms with Gasteiger partial charge >= 0.3 is 0 Å². The van der Waals surface area contributed by atoms with Crippen LogP contribution in [0.15, 0.2) is 18.2 Å². The molecule has 20 heavy (non-hydrogen) atoms. The van der Waals surface area contributed by atoms with Crippen molar-refractivity contribution in [1.82, 2.24) is 0 Å². The third-order valence-electron chi connectivity index (χ3n) is 3.65. The van der Waals surface area contributed by atoms with E-state index in [4.69, 9.17) is 16.3 Å². The van der Waals surface area contributed by atoms with Crippen LogP contribution in [0.4, 0.5) is 5.69 Å². The lowest BCUT2D eigenvalue weighted by molar-refractivity contribution is -0.123. The monoisotopic (exact) mass is 293 g/mol. The molecule has 3 rings (SSSR count). The molecule has 1 fully saturated rings. The third-order valence-corrected chi connectivity index (χ3v) is 3.96. The Kier molecular flexibility index (Phi) is 3.31. The van der Waals surface area contributed by atoms with Crippen molar-refractivity contribution in [3.8, 4) is 0 Å². The number of benzene rings is 1. The fourth-order valence-corrected chi connectivity index (χ4v) is 2.79. The molecule has 0 aliphatic carbocycles. The number of carbonyl (C=O) groups is 3. The van der Waals surface area contributed by atoms with Crippen molar-refractivity contribution in [3.05, 3.63) is 28.8 Å². The number of nitrogens with zero attached hydrogens (tertiary/aromatic N) is 1. The minimum absolute atomic E-state index is 0.0866. The lowest BCUT2D eigenvalue weighted by Gasteiger charge is -2.17. The van der Waals surface area contributed by atoms with Crippen molar-refractivity contribution < 1.29 is 19.1 Å². The Morgan fingerprint density at radius 3 is 2.90 bits per heavy atom. The van der Waals surface area contributed by atoms with Gasteiger partial charge in [0, 0.05) is 12.5 Å². The molecule has 1 saturated heterocycles. The van der Waals surface area contributed by atoms with Gasteiger partial charge in [0.05, 0.1) is 29.4 Å². The maximum Gasteiger partial charge on any atom is 0.299 e. The first kappa shape index (κ1) is 13.3. The zero-order valence-corrected chi connectivity index (χ0v) is 11.4. The van der Waals surface area contributed by atoms with E-state index in [2.05, 4.69) is 0 Å². The molecule has 0 aromatic heterocycles. The smallest absolute Gasteiger partial charge is 0.299 e. The van der Waals surface area contributed by atoms with Crippen LogP contribution in [-0.4, -0.2) is 37.2 Å². The summed E-state index contributed by atoms with van der Waals surface area (Å²) in [7, 11) is 0. The van der Waals surface area contributed by atoms with Gasteiger partial charge in [0.2, 0.25) is 0 Å². The summed E-state index contributed by atoms with van der Waals surface area (Å²) in [5.41, 5.74) is 0.606. The summed E-state index contributed by atoms with van der Waals surface area (Å²) in [4.78, 5) is 37.3. The van der Waals surface area contributed by atoms with Crippen molar-refractivity contribution in [2.75, 3.05) is 24.7 Å².